The van der Waals surface area contributed by atoms with E-state index in [2.05, 4.69) is 4.98 Å². The normalized spacial score (nSPS) is 26.1. The second-order valence-corrected chi connectivity index (χ2v) is 8.19. The van der Waals surface area contributed by atoms with E-state index in [1.165, 1.54) is 10.8 Å². The van der Waals surface area contributed by atoms with Crippen molar-refractivity contribution in [1.82, 2.24) is 9.55 Å². The lowest BCUT2D eigenvalue weighted by Crippen LogP contribution is -2.33. The van der Waals surface area contributed by atoms with Gasteiger partial charge < -0.3 is 9.26 Å². The predicted molar refractivity (Wildman–Crippen MR) is 99.3 cm³/mol. The van der Waals surface area contributed by atoms with Crippen LogP contribution in [-0.4, -0.2) is 22.3 Å². The van der Waals surface area contributed by atoms with Gasteiger partial charge in [-0.3, -0.25) is 23.4 Å². The van der Waals surface area contributed by atoms with Crippen molar-refractivity contribution in [3.05, 3.63) is 74.1 Å². The highest BCUT2D eigenvalue weighted by Gasteiger charge is 2.36. The lowest BCUT2D eigenvalue weighted by molar-refractivity contribution is -0.0130. The summed E-state index contributed by atoms with van der Waals surface area (Å²) in [5.41, 5.74) is 1.02. The Bertz CT molecular complexity index is 1100. The van der Waals surface area contributed by atoms with Crippen molar-refractivity contribution in [2.24, 2.45) is 0 Å². The summed E-state index contributed by atoms with van der Waals surface area (Å²) < 4.78 is 36.0. The molecule has 3 heterocycles. The molecular weight excluding hydrogens is 387 g/mol. The molecule has 0 spiro atoms. The molecule has 1 unspecified atom stereocenters. The largest absolute Gasteiger partial charge is 0.530 e. The Morgan fingerprint density at radius 1 is 1.25 bits per heavy atom. The van der Waals surface area contributed by atoms with Gasteiger partial charge in [-0.1, -0.05) is 24.3 Å². The van der Waals surface area contributed by atoms with Gasteiger partial charge in [-0.25, -0.2) is 9.36 Å². The highest BCUT2D eigenvalue weighted by atomic mass is 31.2. The molecular formula is C18H19N2O7P. The van der Waals surface area contributed by atoms with Crippen molar-refractivity contribution in [3.8, 4) is 5.75 Å². The maximum atomic E-state index is 12.8. The van der Waals surface area contributed by atoms with Gasteiger partial charge in [-0.05, 0) is 25.5 Å². The summed E-state index contributed by atoms with van der Waals surface area (Å²) >= 11 is 0. The zero-order valence-corrected chi connectivity index (χ0v) is 16.2. The van der Waals surface area contributed by atoms with Crippen LogP contribution in [-0.2, 0) is 25.0 Å². The van der Waals surface area contributed by atoms with Crippen molar-refractivity contribution in [3.63, 3.8) is 0 Å². The van der Waals surface area contributed by atoms with Gasteiger partial charge in [0.1, 0.15) is 11.9 Å². The number of H-pyrrole nitrogens is 1. The number of aryl methyl sites for hydroxylation is 2. The zero-order chi connectivity index (χ0) is 19.9. The topological polar surface area (TPSA) is 109 Å². The number of rotatable bonds is 4. The van der Waals surface area contributed by atoms with E-state index in [4.69, 9.17) is 18.3 Å². The minimum atomic E-state index is -3.77. The average Bonchev–Trinajstić information content (AvgIpc) is 3.13. The van der Waals surface area contributed by atoms with E-state index < -0.39 is 31.4 Å². The van der Waals surface area contributed by atoms with Crippen LogP contribution >= 0.6 is 7.82 Å². The Hall–Kier alpha value is -2.45. The molecule has 0 radical (unpaired) electrons. The number of hydrogen-bond acceptors (Lipinski definition) is 7. The fourth-order valence-electron chi connectivity index (χ4n) is 2.99. The third-order valence-electron chi connectivity index (χ3n) is 4.50. The first-order valence-electron chi connectivity index (χ1n) is 8.68. The Labute approximate surface area is 160 Å². The number of hydrogen-bond donors (Lipinski definition) is 1. The summed E-state index contributed by atoms with van der Waals surface area (Å²) in [6, 6.07) is 5.56. The summed E-state index contributed by atoms with van der Waals surface area (Å²) in [5.74, 6) is 0.508. The predicted octanol–water partition coefficient (Wildman–Crippen LogP) is 2.34. The zero-order valence-electron chi connectivity index (χ0n) is 15.3. The van der Waals surface area contributed by atoms with Gasteiger partial charge in [0.25, 0.3) is 5.56 Å². The van der Waals surface area contributed by atoms with Gasteiger partial charge in [0, 0.05) is 17.3 Å². The summed E-state index contributed by atoms with van der Waals surface area (Å²) in [6.45, 7) is 3.50. The minimum Gasteiger partial charge on any atom is -0.403 e. The quantitative estimate of drug-likeness (QED) is 0.613. The Morgan fingerprint density at radius 3 is 2.89 bits per heavy atom. The van der Waals surface area contributed by atoms with Crippen LogP contribution in [0.15, 0.2) is 46.1 Å². The van der Waals surface area contributed by atoms with Gasteiger partial charge in [0.05, 0.1) is 13.2 Å². The fraction of sp³-hybridized carbons (Fsp3) is 0.333. The number of fused-ring (bicyclic) bond motifs is 1. The molecule has 0 saturated carbocycles. The third kappa shape index (κ3) is 3.62. The molecule has 9 nitrogen and oxygen atoms in total. The van der Waals surface area contributed by atoms with Crippen LogP contribution in [0, 0.1) is 13.8 Å². The summed E-state index contributed by atoms with van der Waals surface area (Å²) in [5, 5.41) is 0. The van der Waals surface area contributed by atoms with Crippen LogP contribution in [0.1, 0.15) is 22.9 Å². The molecule has 2 aromatic rings. The molecule has 1 aromatic carbocycles. The van der Waals surface area contributed by atoms with Crippen LogP contribution in [0.5, 0.6) is 5.75 Å². The number of ether oxygens (including phenoxy) is 1. The van der Waals surface area contributed by atoms with E-state index in [-0.39, 0.29) is 13.2 Å². The van der Waals surface area contributed by atoms with Crippen molar-refractivity contribution in [1.29, 1.82) is 0 Å². The monoisotopic (exact) mass is 406 g/mol. The summed E-state index contributed by atoms with van der Waals surface area (Å²) in [6.07, 6.45) is 3.51. The fourth-order valence-corrected chi connectivity index (χ4v) is 4.28. The number of nitrogens with one attached hydrogen (secondary N) is 1. The van der Waals surface area contributed by atoms with Crippen molar-refractivity contribution >= 4 is 7.82 Å². The molecule has 2 aliphatic heterocycles. The number of phosphoric acid groups is 1. The van der Waals surface area contributed by atoms with Crippen LogP contribution < -0.4 is 15.8 Å². The Kier molecular flexibility index (Phi) is 4.84. The second-order valence-electron chi connectivity index (χ2n) is 6.60. The van der Waals surface area contributed by atoms with E-state index in [0.717, 1.165) is 11.1 Å². The van der Waals surface area contributed by atoms with Gasteiger partial charge >= 0.3 is 13.5 Å². The Morgan fingerprint density at radius 2 is 2.07 bits per heavy atom. The maximum absolute atomic E-state index is 12.8. The standard InChI is InChI=1S/C18H19N2O7P/c1-11-4-3-5-13-9-24-28(23,27-16(11)13)25-10-14-6-7-15(26-14)20-8-12(2)17(21)19-18(20)22/h3-8,14-15H,9-10H2,1-2H3,(H,19,21,22)/t14-,15+,28?/m0/s1. The first-order valence-corrected chi connectivity index (χ1v) is 10.1. The number of para-hydroxylation sites is 1. The SMILES string of the molecule is Cc1cccc2c1OP(=O)(OC[C@@H]1C=C[C@H](n3cc(C)c(=O)[nH]c3=O)O1)OC2. The molecule has 0 saturated heterocycles. The van der Waals surface area contributed by atoms with Crippen LogP contribution in [0.2, 0.25) is 0 Å². The molecule has 2 aliphatic rings. The molecule has 3 atom stereocenters. The number of aromatic nitrogens is 2. The Balaban J connectivity index is 1.41. The summed E-state index contributed by atoms with van der Waals surface area (Å²) in [7, 11) is -3.77. The molecule has 0 bridgehead atoms. The second kappa shape index (κ2) is 7.18. The molecule has 0 amide bonds. The van der Waals surface area contributed by atoms with Gasteiger partial charge in [0.15, 0.2) is 6.23 Å². The molecule has 1 aromatic heterocycles. The summed E-state index contributed by atoms with van der Waals surface area (Å²) in [4.78, 5) is 25.7. The number of aromatic amines is 1. The third-order valence-corrected chi connectivity index (χ3v) is 5.81. The maximum Gasteiger partial charge on any atom is 0.530 e. The highest BCUT2D eigenvalue weighted by molar-refractivity contribution is 7.49. The van der Waals surface area contributed by atoms with Gasteiger partial charge in [-0.2, -0.15) is 0 Å². The van der Waals surface area contributed by atoms with E-state index >= 15 is 0 Å². The number of phosphoric ester groups is 1. The average molecular weight is 406 g/mol. The van der Waals surface area contributed by atoms with Crippen molar-refractivity contribution in [2.75, 3.05) is 6.61 Å². The van der Waals surface area contributed by atoms with Gasteiger partial charge in [-0.15, -0.1) is 0 Å². The first kappa shape index (κ1) is 18.9. The molecule has 0 aliphatic carbocycles. The first-order chi connectivity index (χ1) is 13.3. The van der Waals surface area contributed by atoms with E-state index in [9.17, 15) is 14.2 Å². The minimum absolute atomic E-state index is 0.0808. The molecule has 148 valence electrons. The van der Waals surface area contributed by atoms with E-state index in [1.807, 2.05) is 25.1 Å². The smallest absolute Gasteiger partial charge is 0.403 e. The molecule has 28 heavy (non-hydrogen) atoms. The number of nitrogens with zero attached hydrogens (tertiary/aromatic N) is 1. The van der Waals surface area contributed by atoms with Gasteiger partial charge in [0.2, 0.25) is 0 Å². The molecule has 4 rings (SSSR count). The van der Waals surface area contributed by atoms with Crippen LogP contribution in [0.3, 0.4) is 0 Å². The van der Waals surface area contributed by atoms with E-state index in [0.29, 0.717) is 11.3 Å². The lowest BCUT2D eigenvalue weighted by atomic mass is 10.1. The molecule has 10 heteroatoms. The molecule has 1 N–H and O–H groups in total. The van der Waals surface area contributed by atoms with Crippen molar-refractivity contribution < 1.29 is 22.9 Å². The molecule has 0 fully saturated rings. The van der Waals surface area contributed by atoms with Crippen LogP contribution in [0.25, 0.3) is 0 Å². The van der Waals surface area contributed by atoms with Crippen molar-refractivity contribution in [2.45, 2.75) is 32.8 Å². The number of benzene rings is 1. The van der Waals surface area contributed by atoms with Crippen LogP contribution in [0.4, 0.5) is 0 Å². The highest BCUT2D eigenvalue weighted by Crippen LogP contribution is 2.55. The lowest BCUT2D eigenvalue weighted by Gasteiger charge is -2.26. The van der Waals surface area contributed by atoms with E-state index in [1.54, 1.807) is 19.1 Å².